The number of imidazole rings is 1. The number of hydrogen-bond donors (Lipinski definition) is 2. The van der Waals surface area contributed by atoms with E-state index in [2.05, 4.69) is 10.3 Å². The summed E-state index contributed by atoms with van der Waals surface area (Å²) >= 11 is 1.62. The number of carbonyl (C=O) groups excluding carboxylic acids is 1. The van der Waals surface area contributed by atoms with E-state index in [9.17, 15) is 9.59 Å². The molecule has 0 aliphatic carbocycles. The molecule has 0 aliphatic heterocycles. The highest BCUT2D eigenvalue weighted by atomic mass is 32.1. The highest BCUT2D eigenvalue weighted by Crippen LogP contribution is 2.25. The third-order valence-electron chi connectivity index (χ3n) is 3.28. The number of anilines is 1. The molecule has 0 radical (unpaired) electrons. The van der Waals surface area contributed by atoms with Gasteiger partial charge in [0.05, 0.1) is 12.1 Å². The zero-order valence-electron chi connectivity index (χ0n) is 12.4. The number of carbonyl (C=O) groups is 2. The number of aliphatic carboxylic acids is 1. The maximum absolute atomic E-state index is 11.7. The standard InChI is InChI=1S/C16H15N3O3S/c1-10-8-19-9-13(18-16(19)23-10)11-3-2-4-12(7-11)17-14(20)5-6-15(21)22/h2-4,7-9H,5-6H2,1H3,(H,17,20)(H,21,22). The number of hydrogen-bond acceptors (Lipinski definition) is 4. The Hall–Kier alpha value is -2.67. The molecule has 0 spiro atoms. The first-order valence-corrected chi connectivity index (χ1v) is 7.90. The number of benzene rings is 1. The van der Waals surface area contributed by atoms with Gasteiger partial charge in [-0.2, -0.15) is 0 Å². The quantitative estimate of drug-likeness (QED) is 0.753. The van der Waals surface area contributed by atoms with E-state index in [-0.39, 0.29) is 18.7 Å². The molecule has 23 heavy (non-hydrogen) atoms. The maximum atomic E-state index is 11.7. The molecular formula is C16H15N3O3S. The first-order valence-electron chi connectivity index (χ1n) is 7.08. The summed E-state index contributed by atoms with van der Waals surface area (Å²) in [6.07, 6.45) is 3.75. The Kier molecular flexibility index (Phi) is 4.12. The first-order chi connectivity index (χ1) is 11.0. The molecule has 118 valence electrons. The van der Waals surface area contributed by atoms with Gasteiger partial charge in [-0.15, -0.1) is 11.3 Å². The second-order valence-electron chi connectivity index (χ2n) is 5.18. The van der Waals surface area contributed by atoms with Gasteiger partial charge in [-0.05, 0) is 19.1 Å². The lowest BCUT2D eigenvalue weighted by Gasteiger charge is -2.05. The van der Waals surface area contributed by atoms with Gasteiger partial charge in [0.2, 0.25) is 5.91 Å². The average Bonchev–Trinajstić information content (AvgIpc) is 3.02. The van der Waals surface area contributed by atoms with E-state index in [4.69, 9.17) is 5.11 Å². The summed E-state index contributed by atoms with van der Waals surface area (Å²) in [6.45, 7) is 2.03. The number of rotatable bonds is 5. The molecule has 2 heterocycles. The summed E-state index contributed by atoms with van der Waals surface area (Å²) in [5, 5.41) is 11.3. The molecule has 0 saturated heterocycles. The fraction of sp³-hybridized carbons (Fsp3) is 0.188. The van der Waals surface area contributed by atoms with E-state index in [1.807, 2.05) is 41.9 Å². The predicted molar refractivity (Wildman–Crippen MR) is 88.7 cm³/mol. The summed E-state index contributed by atoms with van der Waals surface area (Å²) in [6, 6.07) is 7.36. The van der Waals surface area contributed by atoms with Crippen molar-refractivity contribution in [3.8, 4) is 11.3 Å². The van der Waals surface area contributed by atoms with Crippen molar-refractivity contribution < 1.29 is 14.7 Å². The van der Waals surface area contributed by atoms with E-state index in [1.165, 1.54) is 4.88 Å². The summed E-state index contributed by atoms with van der Waals surface area (Å²) in [4.78, 5) is 28.9. The molecule has 0 unspecified atom stereocenters. The summed E-state index contributed by atoms with van der Waals surface area (Å²) < 4.78 is 1.98. The van der Waals surface area contributed by atoms with Crippen molar-refractivity contribution >= 4 is 33.9 Å². The molecular weight excluding hydrogens is 314 g/mol. The van der Waals surface area contributed by atoms with Gasteiger partial charge in [0, 0.05) is 34.9 Å². The minimum Gasteiger partial charge on any atom is -0.481 e. The second-order valence-corrected chi connectivity index (χ2v) is 6.39. The maximum Gasteiger partial charge on any atom is 0.303 e. The number of thiazole rings is 1. The van der Waals surface area contributed by atoms with Crippen LogP contribution in [-0.2, 0) is 9.59 Å². The highest BCUT2D eigenvalue weighted by molar-refractivity contribution is 7.17. The van der Waals surface area contributed by atoms with Crippen molar-refractivity contribution in [1.29, 1.82) is 0 Å². The fourth-order valence-electron chi connectivity index (χ4n) is 2.25. The van der Waals surface area contributed by atoms with Crippen LogP contribution in [0.2, 0.25) is 0 Å². The zero-order valence-corrected chi connectivity index (χ0v) is 13.3. The minimum absolute atomic E-state index is 0.0426. The molecule has 1 amide bonds. The molecule has 3 aromatic rings. The molecule has 0 atom stereocenters. The zero-order chi connectivity index (χ0) is 16.4. The van der Waals surface area contributed by atoms with Crippen molar-refractivity contribution in [2.24, 2.45) is 0 Å². The monoisotopic (exact) mass is 329 g/mol. The number of aromatic nitrogens is 2. The van der Waals surface area contributed by atoms with Gasteiger partial charge in [0.25, 0.3) is 0 Å². The Morgan fingerprint density at radius 1 is 1.30 bits per heavy atom. The molecule has 7 heteroatoms. The number of carboxylic acid groups (broad SMARTS) is 1. The van der Waals surface area contributed by atoms with Gasteiger partial charge in [-0.1, -0.05) is 12.1 Å². The van der Waals surface area contributed by atoms with E-state index in [1.54, 1.807) is 17.4 Å². The Balaban J connectivity index is 1.77. The Morgan fingerprint density at radius 3 is 2.87 bits per heavy atom. The molecule has 6 nitrogen and oxygen atoms in total. The van der Waals surface area contributed by atoms with Crippen LogP contribution < -0.4 is 5.32 Å². The normalized spacial score (nSPS) is 10.8. The van der Waals surface area contributed by atoms with E-state index < -0.39 is 5.97 Å². The van der Waals surface area contributed by atoms with Gasteiger partial charge in [0.1, 0.15) is 0 Å². The lowest BCUT2D eigenvalue weighted by molar-refractivity contribution is -0.138. The molecule has 2 aromatic heterocycles. The summed E-state index contributed by atoms with van der Waals surface area (Å²) in [7, 11) is 0. The molecule has 3 rings (SSSR count). The third kappa shape index (κ3) is 3.57. The number of carboxylic acids is 1. The van der Waals surface area contributed by atoms with Gasteiger partial charge < -0.3 is 10.4 Å². The minimum atomic E-state index is -0.984. The number of nitrogens with one attached hydrogen (secondary N) is 1. The Bertz CT molecular complexity index is 850. The van der Waals surface area contributed by atoms with Crippen LogP contribution in [0.1, 0.15) is 17.7 Å². The van der Waals surface area contributed by atoms with Crippen LogP contribution in [0, 0.1) is 6.92 Å². The summed E-state index contributed by atoms with van der Waals surface area (Å²) in [5.41, 5.74) is 2.36. The van der Waals surface area contributed by atoms with Crippen LogP contribution in [0.15, 0.2) is 36.7 Å². The molecule has 0 bridgehead atoms. The molecule has 0 saturated carbocycles. The smallest absolute Gasteiger partial charge is 0.303 e. The van der Waals surface area contributed by atoms with Crippen LogP contribution in [0.5, 0.6) is 0 Å². The van der Waals surface area contributed by atoms with Crippen molar-refractivity contribution in [1.82, 2.24) is 9.38 Å². The Labute approximate surface area is 136 Å². The highest BCUT2D eigenvalue weighted by Gasteiger charge is 2.09. The lowest BCUT2D eigenvalue weighted by Crippen LogP contribution is -2.13. The number of nitrogens with zero attached hydrogens (tertiary/aromatic N) is 2. The fourth-order valence-corrected chi connectivity index (χ4v) is 3.06. The van der Waals surface area contributed by atoms with Crippen LogP contribution in [0.25, 0.3) is 16.2 Å². The van der Waals surface area contributed by atoms with Gasteiger partial charge in [-0.3, -0.25) is 14.0 Å². The van der Waals surface area contributed by atoms with Crippen LogP contribution >= 0.6 is 11.3 Å². The van der Waals surface area contributed by atoms with Crippen molar-refractivity contribution in [3.63, 3.8) is 0 Å². The molecule has 2 N–H and O–H groups in total. The molecule has 1 aromatic carbocycles. The van der Waals surface area contributed by atoms with Crippen molar-refractivity contribution in [3.05, 3.63) is 41.5 Å². The third-order valence-corrected chi connectivity index (χ3v) is 4.19. The van der Waals surface area contributed by atoms with Gasteiger partial charge in [-0.25, -0.2) is 4.98 Å². The van der Waals surface area contributed by atoms with Crippen molar-refractivity contribution in [2.75, 3.05) is 5.32 Å². The lowest BCUT2D eigenvalue weighted by atomic mass is 10.1. The van der Waals surface area contributed by atoms with E-state index in [0.717, 1.165) is 16.2 Å². The predicted octanol–water partition coefficient (Wildman–Crippen LogP) is 3.17. The van der Waals surface area contributed by atoms with Crippen LogP contribution in [-0.4, -0.2) is 26.4 Å². The molecule has 0 aliphatic rings. The van der Waals surface area contributed by atoms with Crippen LogP contribution in [0.4, 0.5) is 5.69 Å². The van der Waals surface area contributed by atoms with E-state index in [0.29, 0.717) is 5.69 Å². The van der Waals surface area contributed by atoms with E-state index >= 15 is 0 Å². The van der Waals surface area contributed by atoms with Crippen molar-refractivity contribution in [2.45, 2.75) is 19.8 Å². The average molecular weight is 329 g/mol. The number of aryl methyl sites for hydroxylation is 1. The van der Waals surface area contributed by atoms with Gasteiger partial charge >= 0.3 is 5.97 Å². The Morgan fingerprint density at radius 2 is 2.13 bits per heavy atom. The summed E-state index contributed by atoms with van der Waals surface area (Å²) in [5.74, 6) is -1.30. The van der Waals surface area contributed by atoms with Crippen LogP contribution in [0.3, 0.4) is 0 Å². The SMILES string of the molecule is Cc1cn2cc(-c3cccc(NC(=O)CCC(=O)O)c3)nc2s1. The second kappa shape index (κ2) is 6.21. The topological polar surface area (TPSA) is 83.7 Å². The largest absolute Gasteiger partial charge is 0.481 e. The first kappa shape index (κ1) is 15.2. The number of fused-ring (bicyclic) bond motifs is 1. The molecule has 0 fully saturated rings. The van der Waals surface area contributed by atoms with Gasteiger partial charge in [0.15, 0.2) is 4.96 Å². The number of amides is 1.